The summed E-state index contributed by atoms with van der Waals surface area (Å²) in [6.45, 7) is 5.25. The minimum Gasteiger partial charge on any atom is -0.353 e. The Morgan fingerprint density at radius 1 is 1.03 bits per heavy atom. The average Bonchev–Trinajstić information content (AvgIpc) is 3.46. The highest BCUT2D eigenvalue weighted by molar-refractivity contribution is 5.75. The first-order valence-electron chi connectivity index (χ1n) is 13.6. The van der Waals surface area contributed by atoms with Crippen LogP contribution < -0.4 is 0 Å². The van der Waals surface area contributed by atoms with Gasteiger partial charge in [0.25, 0.3) is 0 Å². The summed E-state index contributed by atoms with van der Waals surface area (Å²) in [6, 6.07) is 17.8. The van der Waals surface area contributed by atoms with Crippen molar-refractivity contribution >= 4 is 11.0 Å². The molecule has 0 radical (unpaired) electrons. The number of likely N-dealkylation sites (tertiary alicyclic amines) is 1. The highest BCUT2D eigenvalue weighted by atomic mass is 15.2. The molecule has 4 aromatic rings. The molecular formula is C30H38N6. The van der Waals surface area contributed by atoms with E-state index < -0.39 is 0 Å². The van der Waals surface area contributed by atoms with Crippen LogP contribution >= 0.6 is 0 Å². The van der Waals surface area contributed by atoms with Crippen molar-refractivity contribution in [3.8, 4) is 0 Å². The first kappa shape index (κ1) is 23.4. The minimum absolute atomic E-state index is 0.360. The van der Waals surface area contributed by atoms with E-state index in [-0.39, 0.29) is 0 Å². The smallest absolute Gasteiger partial charge is 0.124 e. The van der Waals surface area contributed by atoms with Crippen LogP contribution in [0, 0.1) is 5.92 Å². The molecule has 1 saturated heterocycles. The van der Waals surface area contributed by atoms with Gasteiger partial charge >= 0.3 is 0 Å². The summed E-state index contributed by atoms with van der Waals surface area (Å²) in [7, 11) is 4.40. The molecule has 0 saturated carbocycles. The molecule has 3 aromatic heterocycles. The Morgan fingerprint density at radius 3 is 2.83 bits per heavy atom. The van der Waals surface area contributed by atoms with Crippen LogP contribution in [0.4, 0.5) is 0 Å². The standard InChI is InChI=1S/C30H38N6/c1-33-17-8-12-25(33)21-35-18-7-9-23(19-35)20-36-27-14-4-3-13-26(27)32-29(36)22-34(2)28-15-5-10-24-11-6-16-31-30(24)28/h3-4,6,8,11-14,16-17,23,28H,5,7,9-10,15,18-22H2,1-2H3/t23-,28-/m0/s1. The molecule has 6 heteroatoms. The Bertz CT molecular complexity index is 1320. The molecule has 6 rings (SSSR count). The van der Waals surface area contributed by atoms with Crippen LogP contribution in [0.25, 0.3) is 11.0 Å². The van der Waals surface area contributed by atoms with Crippen LogP contribution in [0.2, 0.25) is 0 Å². The van der Waals surface area contributed by atoms with E-state index in [1.165, 1.54) is 54.1 Å². The molecule has 0 bridgehead atoms. The lowest BCUT2D eigenvalue weighted by molar-refractivity contribution is 0.151. The fourth-order valence-corrected chi connectivity index (χ4v) is 6.39. The van der Waals surface area contributed by atoms with E-state index in [1.807, 2.05) is 6.20 Å². The van der Waals surface area contributed by atoms with E-state index in [9.17, 15) is 0 Å². The number of nitrogens with zero attached hydrogens (tertiary/aromatic N) is 6. The predicted molar refractivity (Wildman–Crippen MR) is 145 cm³/mol. The number of fused-ring (bicyclic) bond motifs is 2. The zero-order valence-corrected chi connectivity index (χ0v) is 21.7. The molecule has 0 spiro atoms. The summed E-state index contributed by atoms with van der Waals surface area (Å²) >= 11 is 0. The Balaban J connectivity index is 1.22. The zero-order chi connectivity index (χ0) is 24.5. The lowest BCUT2D eigenvalue weighted by atomic mass is 9.91. The van der Waals surface area contributed by atoms with Crippen LogP contribution in [-0.2, 0) is 33.1 Å². The molecule has 36 heavy (non-hydrogen) atoms. The van der Waals surface area contributed by atoms with Gasteiger partial charge in [0, 0.05) is 44.8 Å². The second-order valence-electron chi connectivity index (χ2n) is 10.9. The molecule has 2 atom stereocenters. The highest BCUT2D eigenvalue weighted by Gasteiger charge is 2.27. The van der Waals surface area contributed by atoms with E-state index in [1.54, 1.807) is 0 Å². The highest BCUT2D eigenvalue weighted by Crippen LogP contribution is 2.33. The number of rotatable bonds is 7. The number of para-hydroxylation sites is 2. The number of imidazole rings is 1. The van der Waals surface area contributed by atoms with E-state index in [4.69, 9.17) is 9.97 Å². The fraction of sp³-hybridized carbons (Fsp3) is 0.467. The summed E-state index contributed by atoms with van der Waals surface area (Å²) in [5.41, 5.74) is 6.45. The third-order valence-electron chi connectivity index (χ3n) is 8.30. The lowest BCUT2D eigenvalue weighted by Gasteiger charge is -2.34. The number of pyridine rings is 1. The summed E-state index contributed by atoms with van der Waals surface area (Å²) in [5.74, 6) is 1.82. The van der Waals surface area contributed by atoms with Crippen molar-refractivity contribution in [2.45, 2.75) is 57.8 Å². The Hall–Kier alpha value is -2.96. The molecule has 4 heterocycles. The van der Waals surface area contributed by atoms with Crippen LogP contribution in [0.15, 0.2) is 60.9 Å². The average molecular weight is 483 g/mol. The third-order valence-corrected chi connectivity index (χ3v) is 8.30. The SMILES string of the molecule is CN(Cc1nc2ccccc2n1C[C@H]1CCCN(Cc2cccn2C)C1)[C@H]1CCCc2cccnc21. The Kier molecular flexibility index (Phi) is 6.63. The van der Waals surface area contributed by atoms with Gasteiger partial charge < -0.3 is 9.13 Å². The molecule has 6 nitrogen and oxygen atoms in total. The molecular weight excluding hydrogens is 444 g/mol. The van der Waals surface area contributed by atoms with E-state index in [0.717, 1.165) is 44.5 Å². The van der Waals surface area contributed by atoms with Gasteiger partial charge in [-0.15, -0.1) is 0 Å². The van der Waals surface area contributed by atoms with Crippen LogP contribution in [0.3, 0.4) is 0 Å². The molecule has 1 fully saturated rings. The van der Waals surface area contributed by atoms with E-state index in [0.29, 0.717) is 12.0 Å². The van der Waals surface area contributed by atoms with Crippen molar-refractivity contribution in [3.05, 3.63) is 83.7 Å². The second kappa shape index (κ2) is 10.2. The summed E-state index contributed by atoms with van der Waals surface area (Å²) in [5, 5.41) is 0. The van der Waals surface area contributed by atoms with Crippen LogP contribution in [0.1, 0.15) is 54.5 Å². The number of aromatic nitrogens is 4. The van der Waals surface area contributed by atoms with Crippen molar-refractivity contribution < 1.29 is 0 Å². The van der Waals surface area contributed by atoms with Crippen molar-refractivity contribution in [2.24, 2.45) is 13.0 Å². The van der Waals surface area contributed by atoms with Crippen LogP contribution in [-0.4, -0.2) is 49.0 Å². The third kappa shape index (κ3) is 4.72. The maximum Gasteiger partial charge on any atom is 0.124 e. The first-order chi connectivity index (χ1) is 17.7. The van der Waals surface area contributed by atoms with Crippen LogP contribution in [0.5, 0.6) is 0 Å². The summed E-state index contributed by atoms with van der Waals surface area (Å²) in [6.07, 6.45) is 10.2. The monoisotopic (exact) mass is 482 g/mol. The van der Waals surface area contributed by atoms with Gasteiger partial charge in [0.2, 0.25) is 0 Å². The molecule has 188 valence electrons. The van der Waals surface area contributed by atoms with Gasteiger partial charge in [-0.3, -0.25) is 14.8 Å². The summed E-state index contributed by atoms with van der Waals surface area (Å²) < 4.78 is 4.77. The maximum atomic E-state index is 5.14. The van der Waals surface area contributed by atoms with Crippen molar-refractivity contribution in [3.63, 3.8) is 0 Å². The number of hydrogen-bond acceptors (Lipinski definition) is 4. The molecule has 1 aliphatic carbocycles. The number of aryl methyl sites for hydroxylation is 2. The Morgan fingerprint density at radius 2 is 1.94 bits per heavy atom. The molecule has 2 aliphatic rings. The van der Waals surface area contributed by atoms with Gasteiger partial charge in [-0.1, -0.05) is 18.2 Å². The fourth-order valence-electron chi connectivity index (χ4n) is 6.39. The first-order valence-corrected chi connectivity index (χ1v) is 13.6. The lowest BCUT2D eigenvalue weighted by Crippen LogP contribution is -2.37. The minimum atomic E-state index is 0.360. The molecule has 0 amide bonds. The predicted octanol–water partition coefficient (Wildman–Crippen LogP) is 5.19. The van der Waals surface area contributed by atoms with E-state index >= 15 is 0 Å². The second-order valence-corrected chi connectivity index (χ2v) is 10.9. The molecule has 0 unspecified atom stereocenters. The van der Waals surface area contributed by atoms with Crippen molar-refractivity contribution in [1.82, 2.24) is 28.9 Å². The molecule has 1 aromatic carbocycles. The number of piperidine rings is 1. The van der Waals surface area contributed by atoms with E-state index in [2.05, 4.69) is 87.8 Å². The van der Waals surface area contributed by atoms with Gasteiger partial charge in [-0.05, 0) is 87.5 Å². The molecule has 0 N–H and O–H groups in total. The van der Waals surface area contributed by atoms with Gasteiger partial charge in [0.1, 0.15) is 5.82 Å². The zero-order valence-electron chi connectivity index (χ0n) is 21.7. The van der Waals surface area contributed by atoms with Gasteiger partial charge in [0.05, 0.1) is 29.3 Å². The topological polar surface area (TPSA) is 42.1 Å². The normalized spacial score (nSPS) is 20.8. The maximum absolute atomic E-state index is 5.14. The van der Waals surface area contributed by atoms with Crippen molar-refractivity contribution in [1.29, 1.82) is 0 Å². The Labute approximate surface area is 214 Å². The van der Waals surface area contributed by atoms with Crippen molar-refractivity contribution in [2.75, 3.05) is 20.1 Å². The van der Waals surface area contributed by atoms with Gasteiger partial charge in [0.15, 0.2) is 0 Å². The van der Waals surface area contributed by atoms with Gasteiger partial charge in [-0.25, -0.2) is 4.98 Å². The number of hydrogen-bond donors (Lipinski definition) is 0. The largest absolute Gasteiger partial charge is 0.353 e. The quantitative estimate of drug-likeness (QED) is 0.364. The van der Waals surface area contributed by atoms with Gasteiger partial charge in [-0.2, -0.15) is 0 Å². The number of benzene rings is 1. The summed E-state index contributed by atoms with van der Waals surface area (Å²) in [4.78, 5) is 15.1. The molecule has 1 aliphatic heterocycles.